The maximum atomic E-state index is 12.8. The number of amides is 1. The molecule has 3 N–H and O–H groups in total. The van der Waals surface area contributed by atoms with Crippen LogP contribution in [0.25, 0.3) is 0 Å². The van der Waals surface area contributed by atoms with Gasteiger partial charge in [-0.1, -0.05) is 92.2 Å². The first-order chi connectivity index (χ1) is 14.0. The summed E-state index contributed by atoms with van der Waals surface area (Å²) in [6, 6.07) is 25.2. The van der Waals surface area contributed by atoms with Gasteiger partial charge in [0.2, 0.25) is 0 Å². The molecule has 0 saturated heterocycles. The van der Waals surface area contributed by atoms with Gasteiger partial charge < -0.3 is 10.6 Å². The topological polar surface area (TPSA) is 45.7 Å². The SMILES string of the molecule is Cc1ccc([C@H]([NH2+]CC(=O)Nc2c(C)cccc2C(C)C)c2ccccc2)cc1. The number of nitrogens with one attached hydrogen (secondary N) is 1. The monoisotopic (exact) mass is 387 g/mol. The van der Waals surface area contributed by atoms with Crippen molar-refractivity contribution in [2.24, 2.45) is 0 Å². The fraction of sp³-hybridized carbons (Fsp3) is 0.269. The van der Waals surface area contributed by atoms with E-state index in [2.05, 4.69) is 79.9 Å². The standard InChI is InChI=1S/C26H30N2O/c1-18(2)23-12-8-9-20(4)25(23)28-24(29)17-27-26(21-10-6-5-7-11-21)22-15-13-19(3)14-16-22/h5-16,18,26-27H,17H2,1-4H3,(H,28,29)/p+1/t26-/m1/s1. The van der Waals surface area contributed by atoms with Crippen molar-refractivity contribution in [3.8, 4) is 0 Å². The number of benzene rings is 3. The fourth-order valence-corrected chi connectivity index (χ4v) is 3.66. The second-order valence-electron chi connectivity index (χ2n) is 7.98. The zero-order valence-corrected chi connectivity index (χ0v) is 17.8. The van der Waals surface area contributed by atoms with E-state index in [1.165, 1.54) is 22.3 Å². The third kappa shape index (κ3) is 5.33. The highest BCUT2D eigenvalue weighted by Gasteiger charge is 2.20. The van der Waals surface area contributed by atoms with E-state index in [1.807, 2.05) is 31.2 Å². The Kier molecular flexibility index (Phi) is 6.84. The van der Waals surface area contributed by atoms with E-state index in [0.29, 0.717) is 12.5 Å². The Morgan fingerprint density at radius 2 is 1.52 bits per heavy atom. The molecule has 0 unspecified atom stereocenters. The number of aryl methyl sites for hydroxylation is 2. The van der Waals surface area contributed by atoms with Crippen LogP contribution in [0.5, 0.6) is 0 Å². The lowest BCUT2D eigenvalue weighted by Crippen LogP contribution is -2.87. The van der Waals surface area contributed by atoms with Crippen molar-refractivity contribution in [2.75, 3.05) is 11.9 Å². The molecule has 0 heterocycles. The molecule has 3 heteroatoms. The summed E-state index contributed by atoms with van der Waals surface area (Å²) in [6.45, 7) is 8.80. The first-order valence-corrected chi connectivity index (χ1v) is 10.3. The van der Waals surface area contributed by atoms with Crippen LogP contribution in [0.1, 0.15) is 53.6 Å². The minimum Gasteiger partial charge on any atom is -0.328 e. The molecule has 0 aliphatic heterocycles. The van der Waals surface area contributed by atoms with Crippen molar-refractivity contribution in [3.05, 3.63) is 101 Å². The van der Waals surface area contributed by atoms with Gasteiger partial charge in [0.1, 0.15) is 6.04 Å². The quantitative estimate of drug-likeness (QED) is 0.605. The third-order valence-corrected chi connectivity index (χ3v) is 5.33. The lowest BCUT2D eigenvalue weighted by atomic mass is 9.97. The summed E-state index contributed by atoms with van der Waals surface area (Å²) < 4.78 is 0. The Balaban J connectivity index is 1.76. The predicted molar refractivity (Wildman–Crippen MR) is 120 cm³/mol. The molecule has 150 valence electrons. The summed E-state index contributed by atoms with van der Waals surface area (Å²) in [5.41, 5.74) is 6.86. The first kappa shape index (κ1) is 20.8. The number of carbonyl (C=O) groups excluding carboxylic acids is 1. The Bertz CT molecular complexity index is 946. The number of rotatable bonds is 7. The van der Waals surface area contributed by atoms with E-state index in [-0.39, 0.29) is 11.9 Å². The predicted octanol–water partition coefficient (Wildman–Crippen LogP) is 4.72. The van der Waals surface area contributed by atoms with Crippen LogP contribution in [0, 0.1) is 13.8 Å². The number of quaternary nitrogens is 1. The summed E-state index contributed by atoms with van der Waals surface area (Å²) in [6.07, 6.45) is 0. The van der Waals surface area contributed by atoms with Crippen LogP contribution >= 0.6 is 0 Å². The Labute approximate surface area is 174 Å². The minimum atomic E-state index is 0.0224. The fourth-order valence-electron chi connectivity index (χ4n) is 3.66. The number of anilines is 1. The van der Waals surface area contributed by atoms with Gasteiger partial charge in [-0.05, 0) is 30.9 Å². The maximum absolute atomic E-state index is 12.8. The second kappa shape index (κ2) is 9.53. The van der Waals surface area contributed by atoms with Crippen LogP contribution in [0.4, 0.5) is 5.69 Å². The van der Waals surface area contributed by atoms with Crippen molar-refractivity contribution in [1.29, 1.82) is 0 Å². The average Bonchev–Trinajstić information content (AvgIpc) is 2.71. The molecule has 0 radical (unpaired) electrons. The van der Waals surface area contributed by atoms with E-state index >= 15 is 0 Å². The van der Waals surface area contributed by atoms with Crippen molar-refractivity contribution in [2.45, 2.75) is 39.7 Å². The second-order valence-corrected chi connectivity index (χ2v) is 7.98. The van der Waals surface area contributed by atoms with Crippen molar-refractivity contribution in [3.63, 3.8) is 0 Å². The van der Waals surface area contributed by atoms with Gasteiger partial charge in [0, 0.05) is 16.8 Å². The highest BCUT2D eigenvalue weighted by atomic mass is 16.1. The summed E-state index contributed by atoms with van der Waals surface area (Å²) in [4.78, 5) is 12.8. The van der Waals surface area contributed by atoms with Crippen LogP contribution in [0.15, 0.2) is 72.8 Å². The Hall–Kier alpha value is -2.91. The molecule has 1 atom stereocenters. The van der Waals surface area contributed by atoms with E-state index in [9.17, 15) is 4.79 Å². The summed E-state index contributed by atoms with van der Waals surface area (Å²) in [5, 5.41) is 5.27. The van der Waals surface area contributed by atoms with E-state index in [4.69, 9.17) is 0 Å². The maximum Gasteiger partial charge on any atom is 0.279 e. The summed E-state index contributed by atoms with van der Waals surface area (Å²) >= 11 is 0. The zero-order chi connectivity index (χ0) is 20.8. The van der Waals surface area contributed by atoms with Crippen molar-refractivity contribution in [1.82, 2.24) is 0 Å². The lowest BCUT2D eigenvalue weighted by Gasteiger charge is -2.19. The molecule has 1 amide bonds. The van der Waals surface area contributed by atoms with Crippen LogP contribution < -0.4 is 10.6 Å². The molecular formula is C26H31N2O+. The number of hydrogen-bond acceptors (Lipinski definition) is 1. The first-order valence-electron chi connectivity index (χ1n) is 10.3. The van der Waals surface area contributed by atoms with Crippen LogP contribution in [-0.2, 0) is 4.79 Å². The van der Waals surface area contributed by atoms with Gasteiger partial charge in [0.25, 0.3) is 5.91 Å². The normalized spacial score (nSPS) is 12.0. The number of nitrogens with two attached hydrogens (primary N) is 1. The Morgan fingerprint density at radius 1 is 0.862 bits per heavy atom. The lowest BCUT2D eigenvalue weighted by molar-refractivity contribution is -0.676. The molecule has 0 fully saturated rings. The summed E-state index contributed by atoms with van der Waals surface area (Å²) in [5.74, 6) is 0.382. The van der Waals surface area contributed by atoms with Gasteiger partial charge >= 0.3 is 0 Å². The minimum absolute atomic E-state index is 0.0224. The molecule has 0 aliphatic rings. The van der Waals surface area contributed by atoms with Crippen molar-refractivity contribution < 1.29 is 10.1 Å². The average molecular weight is 388 g/mol. The van der Waals surface area contributed by atoms with E-state index in [0.717, 1.165) is 11.3 Å². The van der Waals surface area contributed by atoms with Crippen molar-refractivity contribution >= 4 is 11.6 Å². The molecule has 0 bridgehead atoms. The highest BCUT2D eigenvalue weighted by Crippen LogP contribution is 2.27. The number of carbonyl (C=O) groups is 1. The third-order valence-electron chi connectivity index (χ3n) is 5.33. The molecule has 0 saturated carbocycles. The molecule has 3 aromatic carbocycles. The van der Waals surface area contributed by atoms with Crippen LogP contribution in [0.2, 0.25) is 0 Å². The Morgan fingerprint density at radius 3 is 2.17 bits per heavy atom. The highest BCUT2D eigenvalue weighted by molar-refractivity contribution is 5.93. The largest absolute Gasteiger partial charge is 0.328 e. The molecule has 0 aliphatic carbocycles. The van der Waals surface area contributed by atoms with Gasteiger partial charge in [0.05, 0.1) is 0 Å². The number of para-hydroxylation sites is 1. The summed E-state index contributed by atoms with van der Waals surface area (Å²) in [7, 11) is 0. The molecule has 29 heavy (non-hydrogen) atoms. The van der Waals surface area contributed by atoms with Gasteiger partial charge in [-0.2, -0.15) is 0 Å². The van der Waals surface area contributed by atoms with Gasteiger partial charge in [-0.15, -0.1) is 0 Å². The zero-order valence-electron chi connectivity index (χ0n) is 17.8. The number of hydrogen-bond donors (Lipinski definition) is 2. The van der Waals surface area contributed by atoms with Crippen LogP contribution in [0.3, 0.4) is 0 Å². The van der Waals surface area contributed by atoms with Gasteiger partial charge in [-0.3, -0.25) is 4.79 Å². The van der Waals surface area contributed by atoms with Gasteiger partial charge in [-0.25, -0.2) is 0 Å². The smallest absolute Gasteiger partial charge is 0.279 e. The van der Waals surface area contributed by atoms with Gasteiger partial charge in [0.15, 0.2) is 6.54 Å². The molecular weight excluding hydrogens is 356 g/mol. The van der Waals surface area contributed by atoms with E-state index in [1.54, 1.807) is 0 Å². The van der Waals surface area contributed by atoms with Crippen LogP contribution in [-0.4, -0.2) is 12.5 Å². The molecule has 0 spiro atoms. The van der Waals surface area contributed by atoms with E-state index < -0.39 is 0 Å². The molecule has 3 aromatic rings. The molecule has 0 aromatic heterocycles. The molecule has 3 rings (SSSR count). The molecule has 3 nitrogen and oxygen atoms in total.